The van der Waals surface area contributed by atoms with E-state index in [0.29, 0.717) is 56.1 Å². The smallest absolute Gasteiger partial charge is 0.167 e. The van der Waals surface area contributed by atoms with E-state index in [1.165, 1.54) is 0 Å². The van der Waals surface area contributed by atoms with Gasteiger partial charge in [0.1, 0.15) is 42.8 Å². The number of hydrogen-bond donors (Lipinski definition) is 1. The van der Waals surface area contributed by atoms with Crippen molar-refractivity contribution in [1.29, 1.82) is 0 Å². The SMILES string of the molecule is O=C1CC(c2ccc(OCc3ccccc3)cc2)Cc2c(Cc3ccc(O)cc3)c(OCc3ccccc3)cc(OCc3ccccc3)c21. The maximum absolute atomic E-state index is 14.2. The van der Waals surface area contributed by atoms with E-state index in [-0.39, 0.29) is 17.5 Å². The number of phenolic OH excluding ortho intramolecular Hbond substituents is 1. The van der Waals surface area contributed by atoms with Crippen LogP contribution in [0.5, 0.6) is 23.0 Å². The number of carbonyl (C=O) groups excluding carboxylic acids is 1. The van der Waals surface area contributed by atoms with Crippen molar-refractivity contribution < 1.29 is 24.1 Å². The summed E-state index contributed by atoms with van der Waals surface area (Å²) in [6.07, 6.45) is 1.57. The lowest BCUT2D eigenvalue weighted by atomic mass is 9.76. The second-order valence-electron chi connectivity index (χ2n) is 12.5. The number of Topliss-reactive ketones (excluding diaryl/α,β-unsaturated/α-hetero) is 1. The molecule has 0 saturated carbocycles. The Morgan fingerprint density at radius 1 is 0.551 bits per heavy atom. The van der Waals surface area contributed by atoms with E-state index in [0.717, 1.165) is 44.7 Å². The topological polar surface area (TPSA) is 65.0 Å². The van der Waals surface area contributed by atoms with Crippen LogP contribution in [-0.2, 0) is 32.7 Å². The zero-order chi connectivity index (χ0) is 33.4. The van der Waals surface area contributed by atoms with Crippen molar-refractivity contribution in [3.63, 3.8) is 0 Å². The molecule has 0 aliphatic heterocycles. The van der Waals surface area contributed by atoms with Crippen molar-refractivity contribution in [2.45, 2.75) is 45.0 Å². The normalized spacial score (nSPS) is 13.8. The molecule has 49 heavy (non-hydrogen) atoms. The van der Waals surface area contributed by atoms with Crippen LogP contribution in [-0.4, -0.2) is 10.9 Å². The molecule has 1 aliphatic carbocycles. The highest BCUT2D eigenvalue weighted by Crippen LogP contribution is 2.44. The highest BCUT2D eigenvalue weighted by Gasteiger charge is 2.33. The molecule has 1 aliphatic rings. The Labute approximate surface area is 287 Å². The summed E-state index contributed by atoms with van der Waals surface area (Å²) in [5.74, 6) is 2.27. The number of aromatic hydroxyl groups is 1. The lowest BCUT2D eigenvalue weighted by Crippen LogP contribution is -2.22. The summed E-state index contributed by atoms with van der Waals surface area (Å²) in [5, 5.41) is 9.98. The Bertz CT molecular complexity index is 1990. The summed E-state index contributed by atoms with van der Waals surface area (Å²) in [6.45, 7) is 1.21. The Balaban J connectivity index is 1.24. The highest BCUT2D eigenvalue weighted by molar-refractivity contribution is 6.02. The van der Waals surface area contributed by atoms with Gasteiger partial charge in [-0.1, -0.05) is 115 Å². The fourth-order valence-electron chi connectivity index (χ4n) is 6.44. The first-order valence-corrected chi connectivity index (χ1v) is 16.7. The van der Waals surface area contributed by atoms with Gasteiger partial charge in [-0.2, -0.15) is 0 Å². The van der Waals surface area contributed by atoms with Crippen molar-refractivity contribution in [2.75, 3.05) is 0 Å². The molecule has 0 saturated heterocycles. The maximum atomic E-state index is 14.2. The largest absolute Gasteiger partial charge is 0.508 e. The molecule has 1 N–H and O–H groups in total. The van der Waals surface area contributed by atoms with E-state index >= 15 is 0 Å². The van der Waals surface area contributed by atoms with Gasteiger partial charge in [0, 0.05) is 24.5 Å². The van der Waals surface area contributed by atoms with E-state index < -0.39 is 0 Å². The number of rotatable bonds is 12. The van der Waals surface area contributed by atoms with E-state index in [2.05, 4.69) is 12.1 Å². The summed E-state index contributed by atoms with van der Waals surface area (Å²) < 4.78 is 19.1. The molecule has 0 aromatic heterocycles. The van der Waals surface area contributed by atoms with Gasteiger partial charge in [0.05, 0.1) is 5.56 Å². The molecule has 1 atom stereocenters. The zero-order valence-corrected chi connectivity index (χ0v) is 27.3. The third-order valence-electron chi connectivity index (χ3n) is 9.02. The van der Waals surface area contributed by atoms with E-state index in [1.54, 1.807) is 12.1 Å². The molecule has 0 heterocycles. The van der Waals surface area contributed by atoms with Gasteiger partial charge in [0.2, 0.25) is 0 Å². The molecule has 7 rings (SSSR count). The summed E-state index contributed by atoms with van der Waals surface area (Å²) >= 11 is 0. The Hall–Kier alpha value is -5.81. The first-order chi connectivity index (χ1) is 24.1. The quantitative estimate of drug-likeness (QED) is 0.143. The van der Waals surface area contributed by atoms with Crippen LogP contribution in [0.2, 0.25) is 0 Å². The second-order valence-corrected chi connectivity index (χ2v) is 12.5. The number of phenols is 1. The van der Waals surface area contributed by atoms with E-state index in [1.807, 2.05) is 121 Å². The van der Waals surface area contributed by atoms with Crippen molar-refractivity contribution >= 4 is 5.78 Å². The van der Waals surface area contributed by atoms with Crippen LogP contribution in [0.3, 0.4) is 0 Å². The fraction of sp³-hybridized carbons (Fsp3) is 0.159. The monoisotopic (exact) mass is 646 g/mol. The fourth-order valence-corrected chi connectivity index (χ4v) is 6.44. The molecule has 6 aromatic carbocycles. The van der Waals surface area contributed by atoms with Crippen molar-refractivity contribution in [3.8, 4) is 23.0 Å². The molecule has 1 unspecified atom stereocenters. The molecule has 6 aromatic rings. The number of hydrogen-bond acceptors (Lipinski definition) is 5. The van der Waals surface area contributed by atoms with Gasteiger partial charge in [-0.25, -0.2) is 0 Å². The minimum Gasteiger partial charge on any atom is -0.508 e. The van der Waals surface area contributed by atoms with Crippen LogP contribution >= 0.6 is 0 Å². The van der Waals surface area contributed by atoms with E-state index in [9.17, 15) is 9.90 Å². The summed E-state index contributed by atoms with van der Waals surface area (Å²) in [7, 11) is 0. The van der Waals surface area contributed by atoms with Crippen LogP contribution in [0.15, 0.2) is 146 Å². The standard InChI is InChI=1S/C44H38O5/c45-37-20-16-31(17-21-37)24-39-40-25-36(35-18-22-38(23-19-35)47-28-32-10-4-1-5-11-32)26-41(46)44(40)43(49-30-34-14-8-3-9-15-34)27-42(39)48-29-33-12-6-2-7-13-33/h1-23,27,36,45H,24-26,28-30H2. The van der Waals surface area contributed by atoms with Crippen LogP contribution in [0.4, 0.5) is 0 Å². The average molecular weight is 647 g/mol. The zero-order valence-electron chi connectivity index (χ0n) is 27.3. The number of ketones is 1. The van der Waals surface area contributed by atoms with Gasteiger partial charge >= 0.3 is 0 Å². The second kappa shape index (κ2) is 15.0. The number of carbonyl (C=O) groups is 1. The number of benzene rings is 6. The predicted octanol–water partition coefficient (Wildman–Crippen LogP) is 9.63. The lowest BCUT2D eigenvalue weighted by molar-refractivity contribution is 0.0958. The minimum atomic E-state index is -0.0203. The van der Waals surface area contributed by atoms with Crippen molar-refractivity contribution in [2.24, 2.45) is 0 Å². The molecular weight excluding hydrogens is 608 g/mol. The Morgan fingerprint density at radius 3 is 1.65 bits per heavy atom. The van der Waals surface area contributed by atoms with Gasteiger partial charge in [-0.05, 0) is 70.0 Å². The summed E-state index contributed by atoms with van der Waals surface area (Å²) in [5.41, 5.74) is 7.82. The van der Waals surface area contributed by atoms with Crippen LogP contribution in [0.25, 0.3) is 0 Å². The number of ether oxygens (including phenoxy) is 3. The van der Waals surface area contributed by atoms with Gasteiger partial charge < -0.3 is 19.3 Å². The minimum absolute atomic E-state index is 0.0203. The average Bonchev–Trinajstić information content (AvgIpc) is 3.15. The number of fused-ring (bicyclic) bond motifs is 1. The third kappa shape index (κ3) is 7.85. The predicted molar refractivity (Wildman–Crippen MR) is 192 cm³/mol. The van der Waals surface area contributed by atoms with Crippen LogP contribution < -0.4 is 14.2 Å². The molecule has 5 nitrogen and oxygen atoms in total. The molecule has 0 bridgehead atoms. The van der Waals surface area contributed by atoms with Gasteiger partial charge in [0.15, 0.2) is 5.78 Å². The van der Waals surface area contributed by atoms with Crippen molar-refractivity contribution in [3.05, 3.63) is 190 Å². The first kappa shape index (κ1) is 31.8. The molecule has 0 spiro atoms. The van der Waals surface area contributed by atoms with Crippen LogP contribution in [0, 0.1) is 0 Å². The molecule has 0 amide bonds. The van der Waals surface area contributed by atoms with E-state index in [4.69, 9.17) is 14.2 Å². The Morgan fingerprint density at radius 2 is 1.08 bits per heavy atom. The third-order valence-corrected chi connectivity index (χ3v) is 9.02. The Kier molecular flexibility index (Phi) is 9.70. The maximum Gasteiger partial charge on any atom is 0.167 e. The van der Waals surface area contributed by atoms with Crippen LogP contribution in [0.1, 0.15) is 61.6 Å². The van der Waals surface area contributed by atoms with Gasteiger partial charge in [-0.15, -0.1) is 0 Å². The molecule has 0 radical (unpaired) electrons. The lowest BCUT2D eigenvalue weighted by Gasteiger charge is -2.29. The molecule has 0 fully saturated rings. The molecule has 244 valence electrons. The first-order valence-electron chi connectivity index (χ1n) is 16.7. The van der Waals surface area contributed by atoms with Gasteiger partial charge in [-0.3, -0.25) is 4.79 Å². The van der Waals surface area contributed by atoms with Gasteiger partial charge in [0.25, 0.3) is 0 Å². The molecular formula is C44H38O5. The summed E-state index contributed by atoms with van der Waals surface area (Å²) in [6, 6.07) is 47.4. The van der Waals surface area contributed by atoms with Crippen molar-refractivity contribution in [1.82, 2.24) is 0 Å². The highest BCUT2D eigenvalue weighted by atomic mass is 16.5. The summed E-state index contributed by atoms with van der Waals surface area (Å²) in [4.78, 5) is 14.2. The molecule has 5 heteroatoms.